The van der Waals surface area contributed by atoms with Crippen molar-refractivity contribution in [1.82, 2.24) is 10.3 Å². The van der Waals surface area contributed by atoms with Gasteiger partial charge < -0.3 is 5.32 Å². The molecule has 1 heterocycles. The summed E-state index contributed by atoms with van der Waals surface area (Å²) < 4.78 is 0. The summed E-state index contributed by atoms with van der Waals surface area (Å²) >= 11 is 11.6. The number of aromatic nitrogens is 1. The second-order valence-corrected chi connectivity index (χ2v) is 4.75. The van der Waals surface area contributed by atoms with E-state index in [2.05, 4.69) is 10.3 Å². The number of hydrogen-bond acceptors (Lipinski definition) is 3. The second kappa shape index (κ2) is 6.38. The lowest BCUT2D eigenvalue weighted by molar-refractivity contribution is 0.0946. The van der Waals surface area contributed by atoms with Crippen LogP contribution in [-0.2, 0) is 6.54 Å². The molecule has 0 unspecified atom stereocenters. The summed E-state index contributed by atoms with van der Waals surface area (Å²) in [5, 5.41) is 11.9. The highest BCUT2D eigenvalue weighted by molar-refractivity contribution is 6.34. The van der Waals surface area contributed by atoms with Gasteiger partial charge in [-0.3, -0.25) is 4.79 Å². The Hall–Kier alpha value is -2.09. The van der Waals surface area contributed by atoms with Gasteiger partial charge in [0.25, 0.3) is 5.91 Å². The Kier molecular flexibility index (Phi) is 4.57. The fourth-order valence-electron chi connectivity index (χ4n) is 1.59. The SMILES string of the molecule is N#Cc1cccc(CNC(=O)c2nc(Cl)ccc2Cl)c1. The standard InChI is InChI=1S/C14H9Cl2N3O/c15-11-4-5-12(16)19-13(11)14(20)18-8-10-3-1-2-9(6-10)7-17/h1-6H,8H2,(H,18,20). The minimum atomic E-state index is -0.417. The van der Waals surface area contributed by atoms with E-state index in [0.717, 1.165) is 5.56 Å². The molecular formula is C14H9Cl2N3O. The smallest absolute Gasteiger partial charge is 0.271 e. The molecule has 1 N–H and O–H groups in total. The maximum atomic E-state index is 12.0. The molecule has 0 aliphatic rings. The number of hydrogen-bond donors (Lipinski definition) is 1. The predicted octanol–water partition coefficient (Wildman–Crippen LogP) is 3.19. The number of pyridine rings is 1. The molecule has 0 atom stereocenters. The molecular weight excluding hydrogens is 297 g/mol. The number of halogens is 2. The van der Waals surface area contributed by atoms with Gasteiger partial charge in [0.15, 0.2) is 0 Å². The molecule has 4 nitrogen and oxygen atoms in total. The average Bonchev–Trinajstić information content (AvgIpc) is 2.47. The minimum Gasteiger partial charge on any atom is -0.347 e. The number of rotatable bonds is 3. The molecule has 100 valence electrons. The summed E-state index contributed by atoms with van der Waals surface area (Å²) in [6, 6.07) is 12.0. The maximum Gasteiger partial charge on any atom is 0.271 e. The minimum absolute atomic E-state index is 0.0793. The van der Waals surface area contributed by atoms with Gasteiger partial charge in [-0.15, -0.1) is 0 Å². The molecule has 1 amide bonds. The molecule has 1 aromatic carbocycles. The van der Waals surface area contributed by atoms with Crippen molar-refractivity contribution in [2.45, 2.75) is 6.54 Å². The fourth-order valence-corrected chi connectivity index (χ4v) is 1.93. The third-order valence-electron chi connectivity index (χ3n) is 2.54. The van der Waals surface area contributed by atoms with E-state index in [0.29, 0.717) is 5.56 Å². The highest BCUT2D eigenvalue weighted by Crippen LogP contribution is 2.16. The van der Waals surface area contributed by atoms with Gasteiger partial charge in [-0.1, -0.05) is 35.3 Å². The summed E-state index contributed by atoms with van der Waals surface area (Å²) in [7, 11) is 0. The maximum absolute atomic E-state index is 12.0. The summed E-state index contributed by atoms with van der Waals surface area (Å²) in [6.45, 7) is 0.277. The second-order valence-electron chi connectivity index (χ2n) is 3.96. The van der Waals surface area contributed by atoms with Gasteiger partial charge in [0.2, 0.25) is 0 Å². The normalized spacial score (nSPS) is 9.85. The topological polar surface area (TPSA) is 65.8 Å². The first-order valence-electron chi connectivity index (χ1n) is 5.69. The average molecular weight is 306 g/mol. The molecule has 1 aromatic heterocycles. The van der Waals surface area contributed by atoms with Crippen LogP contribution in [0.5, 0.6) is 0 Å². The van der Waals surface area contributed by atoms with Gasteiger partial charge in [-0.25, -0.2) is 4.98 Å². The number of carbonyl (C=O) groups excluding carboxylic acids is 1. The summed E-state index contributed by atoms with van der Waals surface area (Å²) in [5.41, 5.74) is 1.43. The fraction of sp³-hybridized carbons (Fsp3) is 0.0714. The number of benzene rings is 1. The van der Waals surface area contributed by atoms with E-state index in [1.807, 2.05) is 12.1 Å². The van der Waals surface area contributed by atoms with E-state index < -0.39 is 5.91 Å². The molecule has 0 spiro atoms. The van der Waals surface area contributed by atoms with Gasteiger partial charge >= 0.3 is 0 Å². The Morgan fingerprint density at radius 3 is 2.85 bits per heavy atom. The summed E-state index contributed by atoms with van der Waals surface area (Å²) in [5.74, 6) is -0.417. The molecule has 20 heavy (non-hydrogen) atoms. The Bertz CT molecular complexity index is 695. The number of nitrogens with one attached hydrogen (secondary N) is 1. The van der Waals surface area contributed by atoms with Crippen molar-refractivity contribution in [3.05, 3.63) is 63.4 Å². The van der Waals surface area contributed by atoms with Gasteiger partial charge in [-0.05, 0) is 29.8 Å². The monoisotopic (exact) mass is 305 g/mol. The summed E-state index contributed by atoms with van der Waals surface area (Å²) in [6.07, 6.45) is 0. The Morgan fingerprint density at radius 2 is 2.10 bits per heavy atom. The van der Waals surface area contributed by atoms with E-state index in [1.54, 1.807) is 18.2 Å². The Morgan fingerprint density at radius 1 is 1.30 bits per heavy atom. The molecule has 2 rings (SSSR count). The van der Waals surface area contributed by atoms with Gasteiger partial charge in [0.05, 0.1) is 16.7 Å². The lowest BCUT2D eigenvalue weighted by Crippen LogP contribution is -2.24. The Labute approximate surface area is 126 Å². The molecule has 2 aromatic rings. The number of nitriles is 1. The van der Waals surface area contributed by atoms with Crippen LogP contribution < -0.4 is 5.32 Å². The van der Waals surface area contributed by atoms with Crippen LogP contribution in [0.2, 0.25) is 10.2 Å². The van der Waals surface area contributed by atoms with Crippen molar-refractivity contribution < 1.29 is 4.79 Å². The lowest BCUT2D eigenvalue weighted by Gasteiger charge is -2.06. The quantitative estimate of drug-likeness (QED) is 0.886. The highest BCUT2D eigenvalue weighted by atomic mass is 35.5. The van der Waals surface area contributed by atoms with Crippen LogP contribution in [0.15, 0.2) is 36.4 Å². The lowest BCUT2D eigenvalue weighted by atomic mass is 10.1. The zero-order valence-electron chi connectivity index (χ0n) is 10.2. The Balaban J connectivity index is 2.09. The van der Waals surface area contributed by atoms with Crippen LogP contribution in [-0.4, -0.2) is 10.9 Å². The predicted molar refractivity (Wildman–Crippen MR) is 76.6 cm³/mol. The molecule has 0 bridgehead atoms. The van der Waals surface area contributed by atoms with E-state index in [-0.39, 0.29) is 22.4 Å². The third kappa shape index (κ3) is 3.47. The molecule has 0 saturated heterocycles. The number of nitrogens with zero attached hydrogens (tertiary/aromatic N) is 2. The van der Waals surface area contributed by atoms with Crippen molar-refractivity contribution >= 4 is 29.1 Å². The largest absolute Gasteiger partial charge is 0.347 e. The van der Waals surface area contributed by atoms with Crippen LogP contribution in [0, 0.1) is 11.3 Å². The van der Waals surface area contributed by atoms with Crippen LogP contribution >= 0.6 is 23.2 Å². The molecule has 0 fully saturated rings. The van der Waals surface area contributed by atoms with E-state index in [4.69, 9.17) is 28.5 Å². The molecule has 0 saturated carbocycles. The first-order valence-corrected chi connectivity index (χ1v) is 6.45. The molecule has 0 radical (unpaired) electrons. The van der Waals surface area contributed by atoms with E-state index in [9.17, 15) is 4.79 Å². The van der Waals surface area contributed by atoms with E-state index in [1.165, 1.54) is 12.1 Å². The van der Waals surface area contributed by atoms with Gasteiger partial charge in [0, 0.05) is 6.54 Å². The number of amides is 1. The zero-order valence-corrected chi connectivity index (χ0v) is 11.7. The molecule has 0 aliphatic heterocycles. The first kappa shape index (κ1) is 14.3. The van der Waals surface area contributed by atoms with E-state index >= 15 is 0 Å². The van der Waals surface area contributed by atoms with Crippen molar-refractivity contribution in [2.75, 3.05) is 0 Å². The van der Waals surface area contributed by atoms with Gasteiger partial charge in [0.1, 0.15) is 10.8 Å². The summed E-state index contributed by atoms with van der Waals surface area (Å²) in [4.78, 5) is 15.9. The highest BCUT2D eigenvalue weighted by Gasteiger charge is 2.12. The van der Waals surface area contributed by atoms with Crippen molar-refractivity contribution in [1.29, 1.82) is 5.26 Å². The van der Waals surface area contributed by atoms with Crippen molar-refractivity contribution in [2.24, 2.45) is 0 Å². The van der Waals surface area contributed by atoms with Gasteiger partial charge in [-0.2, -0.15) is 5.26 Å². The molecule has 6 heteroatoms. The van der Waals surface area contributed by atoms with Crippen molar-refractivity contribution in [3.63, 3.8) is 0 Å². The third-order valence-corrected chi connectivity index (χ3v) is 3.05. The van der Waals surface area contributed by atoms with Crippen LogP contribution in [0.4, 0.5) is 0 Å². The first-order chi connectivity index (χ1) is 9.60. The molecule has 0 aliphatic carbocycles. The van der Waals surface area contributed by atoms with Crippen LogP contribution in [0.1, 0.15) is 21.6 Å². The van der Waals surface area contributed by atoms with Crippen LogP contribution in [0.3, 0.4) is 0 Å². The van der Waals surface area contributed by atoms with Crippen LogP contribution in [0.25, 0.3) is 0 Å². The number of carbonyl (C=O) groups is 1. The zero-order chi connectivity index (χ0) is 14.5. The van der Waals surface area contributed by atoms with Crippen molar-refractivity contribution in [3.8, 4) is 6.07 Å².